The average Bonchev–Trinajstić information content (AvgIpc) is 3.01. The highest BCUT2D eigenvalue weighted by Gasteiger charge is 2.34. The van der Waals surface area contributed by atoms with Gasteiger partial charge in [0.2, 0.25) is 0 Å². The molecule has 15 heavy (non-hydrogen) atoms. The summed E-state index contributed by atoms with van der Waals surface area (Å²) in [5.41, 5.74) is 0.529. The van der Waals surface area contributed by atoms with Gasteiger partial charge in [0.15, 0.2) is 0 Å². The first kappa shape index (κ1) is 13.5. The molecular weight excluding hydrogens is 250 g/mol. The van der Waals surface area contributed by atoms with E-state index in [1.165, 1.54) is 50.4 Å². The lowest BCUT2D eigenvalue weighted by atomic mass is 9.81. The third-order valence-electron chi connectivity index (χ3n) is 3.60. The van der Waals surface area contributed by atoms with E-state index >= 15 is 0 Å². The lowest BCUT2D eigenvalue weighted by Crippen LogP contribution is -2.38. The maximum atomic E-state index is 3.75. The quantitative estimate of drug-likeness (QED) is 0.604. The Hall–Kier alpha value is 0.440. The van der Waals surface area contributed by atoms with Crippen LogP contribution in [0.4, 0.5) is 0 Å². The highest BCUT2D eigenvalue weighted by Crippen LogP contribution is 2.36. The van der Waals surface area contributed by atoms with Crippen LogP contribution in [0.3, 0.4) is 0 Å². The van der Waals surface area contributed by atoms with E-state index in [-0.39, 0.29) is 0 Å². The molecule has 0 N–H and O–H groups in total. The van der Waals surface area contributed by atoms with Crippen LogP contribution in [-0.2, 0) is 0 Å². The molecule has 1 aliphatic carbocycles. The highest BCUT2D eigenvalue weighted by atomic mass is 79.9. The van der Waals surface area contributed by atoms with Gasteiger partial charge in [0.25, 0.3) is 0 Å². The summed E-state index contributed by atoms with van der Waals surface area (Å²) < 4.78 is 0. The fourth-order valence-corrected chi connectivity index (χ4v) is 3.43. The van der Waals surface area contributed by atoms with Crippen LogP contribution < -0.4 is 0 Å². The predicted molar refractivity (Wildman–Crippen MR) is 71.7 cm³/mol. The van der Waals surface area contributed by atoms with Crippen molar-refractivity contribution in [2.75, 3.05) is 18.9 Å². The molecule has 1 nitrogen and oxygen atoms in total. The van der Waals surface area contributed by atoms with Crippen molar-refractivity contribution >= 4 is 15.9 Å². The lowest BCUT2D eigenvalue weighted by Gasteiger charge is -2.36. The van der Waals surface area contributed by atoms with Crippen molar-refractivity contribution < 1.29 is 0 Å². The van der Waals surface area contributed by atoms with Crippen molar-refractivity contribution in [1.82, 2.24) is 4.90 Å². The van der Waals surface area contributed by atoms with Crippen LogP contribution in [0.25, 0.3) is 0 Å². The molecule has 1 saturated carbocycles. The van der Waals surface area contributed by atoms with Gasteiger partial charge in [-0.3, -0.25) is 0 Å². The number of rotatable bonds is 8. The largest absolute Gasteiger partial charge is 0.303 e. The second-order valence-corrected chi connectivity index (χ2v) is 5.84. The summed E-state index contributed by atoms with van der Waals surface area (Å²) in [6.07, 6.45) is 8.20. The van der Waals surface area contributed by atoms with Gasteiger partial charge >= 0.3 is 0 Å². The number of nitrogens with zero attached hydrogens (tertiary/aromatic N) is 1. The smallest absolute Gasteiger partial charge is 0.0100 e. The predicted octanol–water partition coefficient (Wildman–Crippen LogP) is 4.06. The molecule has 0 spiro atoms. The molecule has 0 aliphatic heterocycles. The summed E-state index contributed by atoms with van der Waals surface area (Å²) >= 11 is 3.75. The van der Waals surface area contributed by atoms with Gasteiger partial charge in [0.1, 0.15) is 0 Å². The standard InChI is InChI=1S/C13H26BrN/c1-4-8-13(10-14,9-5-2)11-15(3)12-6-7-12/h12H,4-11H2,1-3H3. The van der Waals surface area contributed by atoms with Crippen LogP contribution in [0, 0.1) is 5.41 Å². The van der Waals surface area contributed by atoms with E-state index in [0.717, 1.165) is 6.04 Å². The lowest BCUT2D eigenvalue weighted by molar-refractivity contribution is 0.165. The van der Waals surface area contributed by atoms with Gasteiger partial charge in [-0.25, -0.2) is 0 Å². The monoisotopic (exact) mass is 275 g/mol. The number of alkyl halides is 1. The van der Waals surface area contributed by atoms with E-state index < -0.39 is 0 Å². The van der Waals surface area contributed by atoms with Crippen LogP contribution >= 0.6 is 15.9 Å². The molecule has 90 valence electrons. The summed E-state index contributed by atoms with van der Waals surface area (Å²) in [6.45, 7) is 5.90. The maximum Gasteiger partial charge on any atom is 0.0100 e. The van der Waals surface area contributed by atoms with Gasteiger partial charge < -0.3 is 4.90 Å². The van der Waals surface area contributed by atoms with Crippen LogP contribution in [0.15, 0.2) is 0 Å². The van der Waals surface area contributed by atoms with Gasteiger partial charge in [-0.05, 0) is 38.1 Å². The normalized spacial score (nSPS) is 17.4. The minimum absolute atomic E-state index is 0.529. The first-order valence-corrected chi connectivity index (χ1v) is 7.56. The molecule has 0 heterocycles. The summed E-state index contributed by atoms with van der Waals surface area (Å²) in [7, 11) is 2.31. The molecule has 0 bridgehead atoms. The molecule has 0 aromatic carbocycles. The Morgan fingerprint density at radius 1 is 1.20 bits per heavy atom. The summed E-state index contributed by atoms with van der Waals surface area (Å²) in [5.74, 6) is 0. The van der Waals surface area contributed by atoms with Gasteiger partial charge in [0, 0.05) is 17.9 Å². The topological polar surface area (TPSA) is 3.24 Å². The molecule has 0 atom stereocenters. The Balaban J connectivity index is 2.51. The SMILES string of the molecule is CCCC(CBr)(CCC)CN(C)C1CC1. The second kappa shape index (κ2) is 6.24. The Bertz CT molecular complexity index is 171. The summed E-state index contributed by atoms with van der Waals surface area (Å²) in [5, 5.41) is 1.17. The summed E-state index contributed by atoms with van der Waals surface area (Å²) in [6, 6.07) is 0.900. The van der Waals surface area contributed by atoms with Crippen molar-refractivity contribution in [1.29, 1.82) is 0 Å². The first-order chi connectivity index (χ1) is 7.17. The van der Waals surface area contributed by atoms with Gasteiger partial charge in [-0.2, -0.15) is 0 Å². The fourth-order valence-electron chi connectivity index (χ4n) is 2.69. The Kier molecular flexibility index (Phi) is 5.62. The molecule has 0 unspecified atom stereocenters. The van der Waals surface area contributed by atoms with Crippen molar-refractivity contribution in [2.45, 2.75) is 58.4 Å². The van der Waals surface area contributed by atoms with Crippen LogP contribution in [0.1, 0.15) is 52.4 Å². The van der Waals surface area contributed by atoms with E-state index in [9.17, 15) is 0 Å². The van der Waals surface area contributed by atoms with E-state index in [1.807, 2.05) is 0 Å². The van der Waals surface area contributed by atoms with Crippen molar-refractivity contribution in [2.24, 2.45) is 5.41 Å². The number of hydrogen-bond acceptors (Lipinski definition) is 1. The van der Waals surface area contributed by atoms with Crippen molar-refractivity contribution in [3.8, 4) is 0 Å². The van der Waals surface area contributed by atoms with E-state index in [1.54, 1.807) is 0 Å². The molecular formula is C13H26BrN. The number of hydrogen-bond donors (Lipinski definition) is 0. The molecule has 1 aliphatic rings. The van der Waals surface area contributed by atoms with Gasteiger partial charge in [-0.15, -0.1) is 0 Å². The van der Waals surface area contributed by atoms with E-state index in [4.69, 9.17) is 0 Å². The molecule has 0 radical (unpaired) electrons. The van der Waals surface area contributed by atoms with Gasteiger partial charge in [-0.1, -0.05) is 42.6 Å². The van der Waals surface area contributed by atoms with Crippen LogP contribution in [0.5, 0.6) is 0 Å². The zero-order chi connectivity index (χ0) is 11.3. The average molecular weight is 276 g/mol. The third-order valence-corrected chi connectivity index (χ3v) is 4.79. The fraction of sp³-hybridized carbons (Fsp3) is 1.00. The molecule has 1 rings (SSSR count). The van der Waals surface area contributed by atoms with Crippen molar-refractivity contribution in [3.05, 3.63) is 0 Å². The zero-order valence-corrected chi connectivity index (χ0v) is 12.1. The number of halogens is 1. The molecule has 2 heteroatoms. The Morgan fingerprint density at radius 2 is 1.73 bits per heavy atom. The molecule has 0 aromatic heterocycles. The minimum Gasteiger partial charge on any atom is -0.303 e. The van der Waals surface area contributed by atoms with Gasteiger partial charge in [0.05, 0.1) is 0 Å². The molecule has 0 aromatic rings. The van der Waals surface area contributed by atoms with E-state index in [2.05, 4.69) is 41.7 Å². The second-order valence-electron chi connectivity index (χ2n) is 5.28. The first-order valence-electron chi connectivity index (χ1n) is 6.43. The van der Waals surface area contributed by atoms with E-state index in [0.29, 0.717) is 5.41 Å². The van der Waals surface area contributed by atoms with Crippen LogP contribution in [-0.4, -0.2) is 29.9 Å². The van der Waals surface area contributed by atoms with Crippen LogP contribution in [0.2, 0.25) is 0 Å². The molecule has 1 fully saturated rings. The zero-order valence-electron chi connectivity index (χ0n) is 10.6. The summed E-state index contributed by atoms with van der Waals surface area (Å²) in [4.78, 5) is 2.59. The maximum absolute atomic E-state index is 3.75. The Morgan fingerprint density at radius 3 is 2.07 bits per heavy atom. The van der Waals surface area contributed by atoms with Crippen molar-refractivity contribution in [3.63, 3.8) is 0 Å². The molecule has 0 amide bonds. The highest BCUT2D eigenvalue weighted by molar-refractivity contribution is 9.09. The third kappa shape index (κ3) is 4.07. The minimum atomic E-state index is 0.529. The Labute approximate surface area is 104 Å². The molecule has 0 saturated heterocycles.